The van der Waals surface area contributed by atoms with Gasteiger partial charge in [-0.2, -0.15) is 4.79 Å². The van der Waals surface area contributed by atoms with E-state index in [1.165, 1.54) is 33.4 Å². The Morgan fingerprint density at radius 1 is 0.586 bits per heavy atom. The highest BCUT2D eigenvalue weighted by Crippen LogP contribution is 2.59. The van der Waals surface area contributed by atoms with Gasteiger partial charge < -0.3 is 5.53 Å². The van der Waals surface area contributed by atoms with Gasteiger partial charge in [0.2, 0.25) is 0 Å². The van der Waals surface area contributed by atoms with Crippen molar-refractivity contribution in [3.63, 3.8) is 0 Å². The zero-order chi connectivity index (χ0) is 19.4. The highest BCUT2D eigenvalue weighted by Gasteiger charge is 2.58. The first kappa shape index (κ1) is 16.2. The standard InChI is InChI=1S/C27H18N2/c28-29-26(18-10-2-1-3-11-18)27-22-15-7-4-12-19(22)25(20-13-5-8-16-23(20)27)21-14-6-9-17-24(21)27/h1-17,25H. The van der Waals surface area contributed by atoms with Gasteiger partial charge in [-0.25, -0.2) is 0 Å². The van der Waals surface area contributed by atoms with Crippen LogP contribution in [0, 0.1) is 0 Å². The first-order valence-corrected chi connectivity index (χ1v) is 9.93. The molecule has 0 saturated heterocycles. The smallest absolute Gasteiger partial charge is 0.318 e. The normalized spacial score (nSPS) is 20.2. The van der Waals surface area contributed by atoms with Gasteiger partial charge in [0.25, 0.3) is 0 Å². The van der Waals surface area contributed by atoms with Crippen LogP contribution in [0.3, 0.4) is 0 Å². The first-order chi connectivity index (χ1) is 14.4. The number of rotatable bonds is 2. The number of nitrogens with zero attached hydrogens (tertiary/aromatic N) is 2. The average Bonchev–Trinajstić information content (AvgIpc) is 2.80. The van der Waals surface area contributed by atoms with E-state index in [2.05, 4.69) is 77.6 Å². The molecule has 0 unspecified atom stereocenters. The summed E-state index contributed by atoms with van der Waals surface area (Å²) in [4.78, 5) is 3.96. The SMILES string of the molecule is [N-]=[N+]=C(c1ccccc1)C12c3ccccc3C(c3ccccc31)c1ccccc12. The van der Waals surface area contributed by atoms with Crippen molar-refractivity contribution in [3.05, 3.63) is 148 Å². The second-order valence-electron chi connectivity index (χ2n) is 7.76. The van der Waals surface area contributed by atoms with Gasteiger partial charge in [0.05, 0.1) is 5.56 Å². The molecule has 0 spiro atoms. The van der Waals surface area contributed by atoms with Crippen LogP contribution in [0.5, 0.6) is 0 Å². The zero-order valence-corrected chi connectivity index (χ0v) is 15.8. The molecule has 3 aliphatic rings. The highest BCUT2D eigenvalue weighted by atomic mass is 14.9. The summed E-state index contributed by atoms with van der Waals surface area (Å²) in [7, 11) is 0. The molecule has 0 N–H and O–H groups in total. The minimum Gasteiger partial charge on any atom is -0.361 e. The predicted octanol–water partition coefficient (Wildman–Crippen LogP) is 5.55. The summed E-state index contributed by atoms with van der Waals surface area (Å²) < 4.78 is 0. The number of hydrogen-bond donors (Lipinski definition) is 0. The third-order valence-electron chi connectivity index (χ3n) is 6.53. The number of benzene rings is 4. The molecule has 0 amide bonds. The van der Waals surface area contributed by atoms with Gasteiger partial charge in [-0.3, -0.25) is 0 Å². The van der Waals surface area contributed by atoms with Crippen molar-refractivity contribution in [1.82, 2.24) is 0 Å². The molecular formula is C27H18N2. The maximum atomic E-state index is 10.4. The fourth-order valence-electron chi connectivity index (χ4n) is 5.54. The summed E-state index contributed by atoms with van der Waals surface area (Å²) in [6.45, 7) is 0. The average molecular weight is 370 g/mol. The number of hydrogen-bond acceptors (Lipinski definition) is 0. The van der Waals surface area contributed by atoms with Crippen molar-refractivity contribution in [2.24, 2.45) is 0 Å². The largest absolute Gasteiger partial charge is 0.361 e. The van der Waals surface area contributed by atoms with Gasteiger partial charge in [0, 0.05) is 5.92 Å². The fourth-order valence-corrected chi connectivity index (χ4v) is 5.54. The van der Waals surface area contributed by atoms with Gasteiger partial charge in [0.15, 0.2) is 0 Å². The molecule has 0 fully saturated rings. The van der Waals surface area contributed by atoms with Crippen LogP contribution < -0.4 is 0 Å². The second kappa shape index (κ2) is 5.88. The Kier molecular flexibility index (Phi) is 3.29. The summed E-state index contributed by atoms with van der Waals surface area (Å²) >= 11 is 0. The molecule has 0 saturated carbocycles. The minimum atomic E-state index is -0.644. The van der Waals surface area contributed by atoms with E-state index in [9.17, 15) is 5.53 Å². The van der Waals surface area contributed by atoms with Gasteiger partial charge >= 0.3 is 5.71 Å². The van der Waals surface area contributed by atoms with Crippen molar-refractivity contribution in [1.29, 1.82) is 0 Å². The molecular weight excluding hydrogens is 352 g/mol. The lowest BCUT2D eigenvalue weighted by atomic mass is 9.51. The van der Waals surface area contributed by atoms with Crippen LogP contribution in [0.1, 0.15) is 44.9 Å². The third-order valence-corrected chi connectivity index (χ3v) is 6.53. The summed E-state index contributed by atoms with van der Waals surface area (Å²) in [6.07, 6.45) is 0. The van der Waals surface area contributed by atoms with Crippen molar-refractivity contribution in [2.45, 2.75) is 11.3 Å². The molecule has 0 aromatic heterocycles. The molecule has 0 radical (unpaired) electrons. The van der Waals surface area contributed by atoms with E-state index in [0.717, 1.165) is 5.56 Å². The van der Waals surface area contributed by atoms with Gasteiger partial charge in [-0.05, 0) is 45.5 Å². The molecule has 0 heterocycles. The molecule has 2 heteroatoms. The van der Waals surface area contributed by atoms with E-state index in [-0.39, 0.29) is 5.92 Å². The van der Waals surface area contributed by atoms with Crippen LogP contribution in [-0.2, 0) is 5.41 Å². The van der Waals surface area contributed by atoms with Crippen LogP contribution in [0.25, 0.3) is 5.53 Å². The zero-order valence-electron chi connectivity index (χ0n) is 15.8. The Morgan fingerprint density at radius 2 is 1.00 bits per heavy atom. The molecule has 136 valence electrons. The Bertz CT molecular complexity index is 1200. The Balaban J connectivity index is 1.84. The summed E-state index contributed by atoms with van der Waals surface area (Å²) in [5.41, 5.74) is 18.9. The molecule has 2 bridgehead atoms. The molecule has 0 aliphatic heterocycles. The minimum absolute atomic E-state index is 0.205. The van der Waals surface area contributed by atoms with Crippen LogP contribution in [0.4, 0.5) is 0 Å². The van der Waals surface area contributed by atoms with Crippen molar-refractivity contribution >= 4 is 5.71 Å². The van der Waals surface area contributed by atoms with Crippen molar-refractivity contribution < 1.29 is 4.79 Å². The molecule has 2 nitrogen and oxygen atoms in total. The third kappa shape index (κ3) is 1.91. The summed E-state index contributed by atoms with van der Waals surface area (Å²) in [5.74, 6) is 0.205. The van der Waals surface area contributed by atoms with Crippen molar-refractivity contribution in [3.8, 4) is 0 Å². The molecule has 29 heavy (non-hydrogen) atoms. The van der Waals surface area contributed by atoms with Gasteiger partial charge in [-0.1, -0.05) is 91.0 Å². The van der Waals surface area contributed by atoms with Gasteiger partial charge in [-0.15, -0.1) is 0 Å². The quantitative estimate of drug-likeness (QED) is 0.252. The van der Waals surface area contributed by atoms with Crippen LogP contribution in [0.15, 0.2) is 103 Å². The summed E-state index contributed by atoms with van der Waals surface area (Å²) in [5, 5.41) is 0. The monoisotopic (exact) mass is 370 g/mol. The Hall–Kier alpha value is -3.74. The van der Waals surface area contributed by atoms with E-state index < -0.39 is 5.41 Å². The van der Waals surface area contributed by atoms with E-state index in [1.807, 2.05) is 30.3 Å². The van der Waals surface area contributed by atoms with E-state index in [0.29, 0.717) is 5.71 Å². The van der Waals surface area contributed by atoms with Gasteiger partial charge in [0.1, 0.15) is 5.41 Å². The maximum Gasteiger partial charge on any atom is 0.318 e. The lowest BCUT2D eigenvalue weighted by Crippen LogP contribution is -2.48. The lowest BCUT2D eigenvalue weighted by Gasteiger charge is -2.48. The first-order valence-electron chi connectivity index (χ1n) is 9.93. The molecule has 4 aromatic rings. The van der Waals surface area contributed by atoms with Crippen LogP contribution in [-0.4, -0.2) is 10.5 Å². The topological polar surface area (TPSA) is 36.4 Å². The van der Waals surface area contributed by atoms with Crippen LogP contribution >= 0.6 is 0 Å². The molecule has 3 aliphatic carbocycles. The molecule has 4 aromatic carbocycles. The Morgan fingerprint density at radius 3 is 1.45 bits per heavy atom. The van der Waals surface area contributed by atoms with E-state index in [4.69, 9.17) is 0 Å². The lowest BCUT2D eigenvalue weighted by molar-refractivity contribution is -0.0108. The highest BCUT2D eigenvalue weighted by molar-refractivity contribution is 6.11. The van der Waals surface area contributed by atoms with E-state index >= 15 is 0 Å². The predicted molar refractivity (Wildman–Crippen MR) is 114 cm³/mol. The van der Waals surface area contributed by atoms with Crippen molar-refractivity contribution in [2.75, 3.05) is 0 Å². The Labute approximate surface area is 169 Å². The molecule has 0 atom stereocenters. The van der Waals surface area contributed by atoms with Crippen LogP contribution in [0.2, 0.25) is 0 Å². The molecule has 7 rings (SSSR count). The maximum absolute atomic E-state index is 10.4. The summed E-state index contributed by atoms with van der Waals surface area (Å²) in [6, 6.07) is 35.9. The second-order valence-corrected chi connectivity index (χ2v) is 7.76. The van der Waals surface area contributed by atoms with E-state index in [1.54, 1.807) is 0 Å². The fraction of sp³-hybridized carbons (Fsp3) is 0.0741.